The molecule has 0 spiro atoms. The second kappa shape index (κ2) is 9.71. The van der Waals surface area contributed by atoms with Crippen LogP contribution in [0.15, 0.2) is 60.0 Å². The topological polar surface area (TPSA) is 93.2 Å². The van der Waals surface area contributed by atoms with Gasteiger partial charge in [0.25, 0.3) is 11.8 Å². The smallest absolute Gasteiger partial charge is 0.281 e. The number of aromatic nitrogens is 2. The fourth-order valence-corrected chi connectivity index (χ4v) is 4.48. The molecule has 0 bridgehead atoms. The van der Waals surface area contributed by atoms with Crippen LogP contribution in [0.2, 0.25) is 0 Å². The first-order valence-corrected chi connectivity index (χ1v) is 11.5. The molecule has 0 fully saturated rings. The Morgan fingerprint density at radius 3 is 2.50 bits per heavy atom. The van der Waals surface area contributed by atoms with E-state index in [-0.39, 0.29) is 0 Å². The van der Waals surface area contributed by atoms with Crippen LogP contribution in [0.5, 0.6) is 5.75 Å². The molecule has 32 heavy (non-hydrogen) atoms. The molecule has 2 N–H and O–H groups in total. The molecule has 2 aromatic carbocycles. The summed E-state index contributed by atoms with van der Waals surface area (Å²) in [5.74, 6) is -0.318. The average Bonchev–Trinajstić information content (AvgIpc) is 3.42. The number of ether oxygens (including phenoxy) is 1. The van der Waals surface area contributed by atoms with Gasteiger partial charge in [0.2, 0.25) is 0 Å². The minimum absolute atomic E-state index is 0.320. The summed E-state index contributed by atoms with van der Waals surface area (Å²) in [6.07, 6.45) is 0. The van der Waals surface area contributed by atoms with Gasteiger partial charge in [0.05, 0.1) is 16.4 Å². The van der Waals surface area contributed by atoms with E-state index >= 15 is 0 Å². The maximum Gasteiger partial charge on any atom is 0.281 e. The number of hydrogen-bond donors (Lipinski definition) is 2. The number of hydrogen-bond acceptors (Lipinski definition) is 7. The van der Waals surface area contributed by atoms with Crippen LogP contribution in [0.3, 0.4) is 0 Å². The monoisotopic (exact) mass is 464 g/mol. The van der Waals surface area contributed by atoms with Crippen molar-refractivity contribution in [3.63, 3.8) is 0 Å². The van der Waals surface area contributed by atoms with Gasteiger partial charge in [-0.15, -0.1) is 22.7 Å². The number of thiazole rings is 2. The van der Waals surface area contributed by atoms with E-state index in [1.807, 2.05) is 42.6 Å². The van der Waals surface area contributed by atoms with Crippen molar-refractivity contribution in [3.05, 3.63) is 86.8 Å². The van der Waals surface area contributed by atoms with Crippen molar-refractivity contribution in [1.29, 1.82) is 0 Å². The van der Waals surface area contributed by atoms with Crippen LogP contribution in [0, 0.1) is 13.8 Å². The lowest BCUT2D eigenvalue weighted by Gasteiger charge is -2.09. The van der Waals surface area contributed by atoms with E-state index in [4.69, 9.17) is 4.74 Å². The first-order valence-electron chi connectivity index (χ1n) is 9.77. The molecule has 0 saturated carbocycles. The van der Waals surface area contributed by atoms with Crippen LogP contribution in [-0.2, 0) is 6.61 Å². The number of nitrogens with one attached hydrogen (secondary N) is 2. The Balaban J connectivity index is 1.36. The van der Waals surface area contributed by atoms with Gasteiger partial charge in [0.1, 0.15) is 22.2 Å². The molecule has 7 nitrogen and oxygen atoms in total. The van der Waals surface area contributed by atoms with Gasteiger partial charge < -0.3 is 4.74 Å². The fraction of sp³-hybridized carbons (Fsp3) is 0.130. The highest BCUT2D eigenvalue weighted by Gasteiger charge is 2.17. The molecule has 9 heteroatoms. The van der Waals surface area contributed by atoms with Gasteiger partial charge in [-0.2, -0.15) is 0 Å². The number of benzene rings is 2. The zero-order valence-corrected chi connectivity index (χ0v) is 19.0. The summed E-state index contributed by atoms with van der Waals surface area (Å²) in [4.78, 5) is 34.4. The molecule has 0 aliphatic heterocycles. The average molecular weight is 465 g/mol. The molecule has 0 radical (unpaired) electrons. The number of carbonyl (C=O) groups excluding carboxylic acids is 2. The van der Waals surface area contributed by atoms with Crippen molar-refractivity contribution in [2.45, 2.75) is 20.5 Å². The van der Waals surface area contributed by atoms with Crippen LogP contribution in [0.25, 0.3) is 10.6 Å². The normalized spacial score (nSPS) is 10.6. The Morgan fingerprint density at radius 1 is 0.969 bits per heavy atom. The molecule has 4 aromatic rings. The van der Waals surface area contributed by atoms with Gasteiger partial charge in [-0.25, -0.2) is 9.97 Å². The summed E-state index contributed by atoms with van der Waals surface area (Å²) in [6, 6.07) is 16.4. The van der Waals surface area contributed by atoms with Gasteiger partial charge in [-0.1, -0.05) is 36.4 Å². The van der Waals surface area contributed by atoms with Crippen LogP contribution in [0.4, 0.5) is 0 Å². The molecule has 2 amide bonds. The van der Waals surface area contributed by atoms with Crippen molar-refractivity contribution < 1.29 is 14.3 Å². The SMILES string of the molecule is Cc1nc(COc2cccc(C(=O)NNC(=O)c3sc(-c4ccccc4)nc3C)c2)cs1. The summed E-state index contributed by atoms with van der Waals surface area (Å²) < 4.78 is 5.72. The third kappa shape index (κ3) is 5.19. The Morgan fingerprint density at radius 2 is 1.75 bits per heavy atom. The maximum atomic E-state index is 12.6. The Labute approximate surface area is 193 Å². The van der Waals surface area contributed by atoms with Crippen molar-refractivity contribution >= 4 is 34.5 Å². The third-order valence-electron chi connectivity index (χ3n) is 4.46. The zero-order chi connectivity index (χ0) is 22.5. The van der Waals surface area contributed by atoms with E-state index in [0.29, 0.717) is 28.5 Å². The van der Waals surface area contributed by atoms with E-state index in [1.54, 1.807) is 42.5 Å². The lowest BCUT2D eigenvalue weighted by atomic mass is 10.2. The van der Waals surface area contributed by atoms with Gasteiger partial charge >= 0.3 is 0 Å². The second-order valence-electron chi connectivity index (χ2n) is 6.88. The maximum absolute atomic E-state index is 12.6. The van der Waals surface area contributed by atoms with Crippen molar-refractivity contribution in [2.75, 3.05) is 0 Å². The standard InChI is InChI=1S/C23H20N4O3S2/c1-14-20(32-23(24-14)16-7-4-3-5-8-16)22(29)27-26-21(28)17-9-6-10-19(11-17)30-12-18-13-31-15(2)25-18/h3-11,13H,12H2,1-2H3,(H,26,28)(H,27,29). The first-order chi connectivity index (χ1) is 15.5. The molecule has 0 unspecified atom stereocenters. The van der Waals surface area contributed by atoms with E-state index in [1.165, 1.54) is 11.3 Å². The molecule has 4 rings (SSSR count). The first kappa shape index (κ1) is 21.7. The Bertz CT molecular complexity index is 1250. The molecular formula is C23H20N4O3S2. The van der Waals surface area contributed by atoms with Crippen LogP contribution in [0.1, 0.15) is 36.4 Å². The third-order valence-corrected chi connectivity index (χ3v) is 6.49. The number of nitrogens with zero attached hydrogens (tertiary/aromatic N) is 2. The van der Waals surface area contributed by atoms with Gasteiger partial charge in [-0.3, -0.25) is 20.4 Å². The predicted octanol–water partition coefficient (Wildman–Crippen LogP) is 4.54. The van der Waals surface area contributed by atoms with E-state index < -0.39 is 11.8 Å². The second-order valence-corrected chi connectivity index (χ2v) is 8.94. The van der Waals surface area contributed by atoms with Crippen molar-refractivity contribution in [2.24, 2.45) is 0 Å². The van der Waals surface area contributed by atoms with Crippen molar-refractivity contribution in [3.8, 4) is 16.3 Å². The molecule has 0 saturated heterocycles. The highest BCUT2D eigenvalue weighted by Crippen LogP contribution is 2.27. The van der Waals surface area contributed by atoms with Gasteiger partial charge in [0, 0.05) is 16.5 Å². The number of rotatable bonds is 6. The van der Waals surface area contributed by atoms with Crippen LogP contribution >= 0.6 is 22.7 Å². The Hall–Kier alpha value is -3.56. The molecule has 2 heterocycles. The predicted molar refractivity (Wildman–Crippen MR) is 125 cm³/mol. The summed E-state index contributed by atoms with van der Waals surface area (Å²) in [7, 11) is 0. The van der Waals surface area contributed by atoms with E-state index in [2.05, 4.69) is 20.8 Å². The van der Waals surface area contributed by atoms with Crippen LogP contribution < -0.4 is 15.6 Å². The Kier molecular flexibility index (Phi) is 6.58. The summed E-state index contributed by atoms with van der Waals surface area (Å²) in [6.45, 7) is 4.02. The van der Waals surface area contributed by atoms with Crippen molar-refractivity contribution in [1.82, 2.24) is 20.8 Å². The highest BCUT2D eigenvalue weighted by molar-refractivity contribution is 7.17. The van der Waals surface area contributed by atoms with Gasteiger partial charge in [0.15, 0.2) is 0 Å². The fourth-order valence-electron chi connectivity index (χ4n) is 2.91. The summed E-state index contributed by atoms with van der Waals surface area (Å²) in [5.41, 5.74) is 7.66. The minimum atomic E-state index is -0.446. The molecule has 0 aliphatic carbocycles. The highest BCUT2D eigenvalue weighted by atomic mass is 32.1. The van der Waals surface area contributed by atoms with Gasteiger partial charge in [-0.05, 0) is 32.0 Å². The molecule has 0 aliphatic rings. The largest absolute Gasteiger partial charge is 0.487 e. The summed E-state index contributed by atoms with van der Waals surface area (Å²) in [5, 5.41) is 3.66. The summed E-state index contributed by atoms with van der Waals surface area (Å²) >= 11 is 2.83. The van der Waals surface area contributed by atoms with E-state index in [9.17, 15) is 9.59 Å². The molecule has 0 atom stereocenters. The lowest BCUT2D eigenvalue weighted by Crippen LogP contribution is -2.41. The number of carbonyl (C=O) groups is 2. The minimum Gasteiger partial charge on any atom is -0.487 e. The number of aryl methyl sites for hydroxylation is 2. The van der Waals surface area contributed by atoms with E-state index in [0.717, 1.165) is 21.3 Å². The molecular weight excluding hydrogens is 444 g/mol. The molecule has 2 aromatic heterocycles. The zero-order valence-electron chi connectivity index (χ0n) is 17.4. The number of hydrazine groups is 1. The quantitative estimate of drug-likeness (QED) is 0.409. The lowest BCUT2D eigenvalue weighted by molar-refractivity contribution is 0.0848. The van der Waals surface area contributed by atoms with Crippen LogP contribution in [-0.4, -0.2) is 21.8 Å². The molecule has 162 valence electrons. The number of amides is 2.